The van der Waals surface area contributed by atoms with Gasteiger partial charge in [-0.1, -0.05) is 37.3 Å². The number of benzene rings is 1. The molecular formula is C14H21NO3S. The molecule has 0 saturated carbocycles. The summed E-state index contributed by atoms with van der Waals surface area (Å²) in [4.78, 5) is 11.7. The van der Waals surface area contributed by atoms with Gasteiger partial charge in [0.1, 0.15) is 5.60 Å². The van der Waals surface area contributed by atoms with Gasteiger partial charge < -0.3 is 4.74 Å². The lowest BCUT2D eigenvalue weighted by atomic mass is 10.2. The highest BCUT2D eigenvalue weighted by Crippen LogP contribution is 2.13. The van der Waals surface area contributed by atoms with Gasteiger partial charge in [-0.2, -0.15) is 0 Å². The van der Waals surface area contributed by atoms with Crippen molar-refractivity contribution in [2.45, 2.75) is 39.0 Å². The van der Waals surface area contributed by atoms with Crippen molar-refractivity contribution in [3.05, 3.63) is 35.9 Å². The minimum atomic E-state index is -2.60. The molecule has 1 amide bonds. The standard InChI is InChI=1S/C14H21NO3S/c1-5-19(17,11-12-9-7-6-8-10-12)15-13(16)18-14(2,3)4/h6-10H,5,11H2,1-4H3. The molecule has 0 aliphatic carbocycles. The van der Waals surface area contributed by atoms with Crippen molar-refractivity contribution in [1.29, 1.82) is 0 Å². The van der Waals surface area contributed by atoms with E-state index in [0.717, 1.165) is 5.56 Å². The van der Waals surface area contributed by atoms with E-state index >= 15 is 0 Å². The van der Waals surface area contributed by atoms with Crippen LogP contribution in [0.15, 0.2) is 34.7 Å². The molecule has 1 aromatic carbocycles. The summed E-state index contributed by atoms with van der Waals surface area (Å²) in [6.07, 6.45) is -0.754. The van der Waals surface area contributed by atoms with Crippen LogP contribution in [-0.4, -0.2) is 21.7 Å². The Hall–Kier alpha value is -1.36. The van der Waals surface area contributed by atoms with Crippen LogP contribution in [-0.2, 0) is 20.2 Å². The number of carbonyl (C=O) groups is 1. The molecule has 1 rings (SSSR count). The molecule has 0 aliphatic heterocycles. The molecule has 1 aromatic rings. The first-order valence-corrected chi connectivity index (χ1v) is 8.09. The van der Waals surface area contributed by atoms with E-state index in [-0.39, 0.29) is 5.75 Å². The van der Waals surface area contributed by atoms with Crippen molar-refractivity contribution in [1.82, 2.24) is 0 Å². The molecular weight excluding hydrogens is 262 g/mol. The van der Waals surface area contributed by atoms with Crippen molar-refractivity contribution < 1.29 is 13.7 Å². The van der Waals surface area contributed by atoms with Crippen LogP contribution >= 0.6 is 0 Å². The lowest BCUT2D eigenvalue weighted by Crippen LogP contribution is -2.23. The molecule has 0 fully saturated rings. The Morgan fingerprint density at radius 3 is 2.32 bits per heavy atom. The number of amides is 1. The van der Waals surface area contributed by atoms with Crippen LogP contribution in [0.5, 0.6) is 0 Å². The maximum Gasteiger partial charge on any atom is 0.442 e. The predicted octanol–water partition coefficient (Wildman–Crippen LogP) is 3.61. The van der Waals surface area contributed by atoms with E-state index < -0.39 is 21.4 Å². The zero-order valence-electron chi connectivity index (χ0n) is 11.9. The average molecular weight is 283 g/mol. The molecule has 0 aromatic heterocycles. The second-order valence-electron chi connectivity index (χ2n) is 5.26. The Kier molecular flexibility index (Phi) is 5.11. The van der Waals surface area contributed by atoms with Crippen molar-refractivity contribution in [2.75, 3.05) is 5.75 Å². The first-order chi connectivity index (χ1) is 8.74. The van der Waals surface area contributed by atoms with Crippen LogP contribution in [0, 0.1) is 0 Å². The minimum Gasteiger partial charge on any atom is -0.442 e. The van der Waals surface area contributed by atoms with E-state index in [1.165, 1.54) is 0 Å². The van der Waals surface area contributed by atoms with Gasteiger partial charge in [0.15, 0.2) is 0 Å². The molecule has 5 heteroatoms. The Morgan fingerprint density at radius 1 is 1.26 bits per heavy atom. The summed E-state index contributed by atoms with van der Waals surface area (Å²) in [6.45, 7) is 7.03. The number of nitrogens with zero attached hydrogens (tertiary/aromatic N) is 1. The van der Waals surface area contributed by atoms with Crippen molar-refractivity contribution in [2.24, 2.45) is 4.36 Å². The number of rotatable bonds is 3. The second-order valence-corrected chi connectivity index (χ2v) is 7.86. The number of ether oxygens (including phenoxy) is 1. The highest BCUT2D eigenvalue weighted by atomic mass is 32.2. The molecule has 0 bridgehead atoms. The lowest BCUT2D eigenvalue weighted by Gasteiger charge is -2.18. The summed E-state index contributed by atoms with van der Waals surface area (Å²) in [5.74, 6) is 0.588. The maximum absolute atomic E-state index is 12.6. The minimum absolute atomic E-state index is 0.267. The van der Waals surface area contributed by atoms with E-state index in [1.54, 1.807) is 27.7 Å². The van der Waals surface area contributed by atoms with Crippen LogP contribution in [0.1, 0.15) is 33.3 Å². The van der Waals surface area contributed by atoms with Gasteiger partial charge in [-0.05, 0) is 26.3 Å². The maximum atomic E-state index is 12.6. The molecule has 106 valence electrons. The van der Waals surface area contributed by atoms with Crippen LogP contribution in [0.3, 0.4) is 0 Å². The molecule has 19 heavy (non-hydrogen) atoms. The quantitative estimate of drug-likeness (QED) is 0.851. The van der Waals surface area contributed by atoms with Gasteiger partial charge in [-0.25, -0.2) is 9.00 Å². The summed E-state index contributed by atoms with van der Waals surface area (Å²) in [5.41, 5.74) is 0.281. The number of carbonyl (C=O) groups excluding carboxylic acids is 1. The van der Waals surface area contributed by atoms with E-state index in [4.69, 9.17) is 4.74 Å². The smallest absolute Gasteiger partial charge is 0.442 e. The Morgan fingerprint density at radius 2 is 1.84 bits per heavy atom. The summed E-state index contributed by atoms with van der Waals surface area (Å²) >= 11 is 0. The lowest BCUT2D eigenvalue weighted by molar-refractivity contribution is 0.0607. The molecule has 0 heterocycles. The Labute approximate surface area is 115 Å². The monoisotopic (exact) mass is 283 g/mol. The fourth-order valence-corrected chi connectivity index (χ4v) is 2.87. The molecule has 1 unspecified atom stereocenters. The molecule has 0 N–H and O–H groups in total. The second kappa shape index (κ2) is 6.19. The number of hydrogen-bond acceptors (Lipinski definition) is 3. The fraction of sp³-hybridized carbons (Fsp3) is 0.500. The van der Waals surface area contributed by atoms with Gasteiger partial charge in [-0.15, -0.1) is 4.36 Å². The normalized spacial score (nSPS) is 14.5. The third kappa shape index (κ3) is 5.87. The van der Waals surface area contributed by atoms with Crippen molar-refractivity contribution in [3.63, 3.8) is 0 Å². The molecule has 0 radical (unpaired) electrons. The van der Waals surface area contributed by atoms with Gasteiger partial charge in [0, 0.05) is 5.75 Å². The SMILES string of the molecule is CCS(=O)(Cc1ccccc1)=NC(=O)OC(C)(C)C. The predicted molar refractivity (Wildman–Crippen MR) is 77.5 cm³/mol. The van der Waals surface area contributed by atoms with Crippen molar-refractivity contribution in [3.8, 4) is 0 Å². The Balaban J connectivity index is 2.91. The Bertz CT molecular complexity index is 538. The molecule has 0 saturated heterocycles. The summed E-state index contributed by atoms with van der Waals surface area (Å²) in [7, 11) is -2.60. The van der Waals surface area contributed by atoms with Gasteiger partial charge in [0.2, 0.25) is 0 Å². The van der Waals surface area contributed by atoms with E-state index in [0.29, 0.717) is 5.75 Å². The molecule has 0 spiro atoms. The van der Waals surface area contributed by atoms with E-state index in [1.807, 2.05) is 30.3 Å². The van der Waals surface area contributed by atoms with Crippen LogP contribution < -0.4 is 0 Å². The van der Waals surface area contributed by atoms with Crippen LogP contribution in [0.4, 0.5) is 4.79 Å². The summed E-state index contributed by atoms with van der Waals surface area (Å²) < 4.78 is 21.4. The molecule has 4 nitrogen and oxygen atoms in total. The zero-order valence-corrected chi connectivity index (χ0v) is 12.7. The highest BCUT2D eigenvalue weighted by molar-refractivity contribution is 7.93. The highest BCUT2D eigenvalue weighted by Gasteiger charge is 2.18. The van der Waals surface area contributed by atoms with Gasteiger partial charge in [0.25, 0.3) is 0 Å². The van der Waals surface area contributed by atoms with Crippen molar-refractivity contribution >= 4 is 15.8 Å². The molecule has 1 atom stereocenters. The third-order valence-electron chi connectivity index (χ3n) is 2.32. The first-order valence-electron chi connectivity index (χ1n) is 6.23. The average Bonchev–Trinajstić information content (AvgIpc) is 2.27. The van der Waals surface area contributed by atoms with Crippen LogP contribution in [0.25, 0.3) is 0 Å². The van der Waals surface area contributed by atoms with E-state index in [9.17, 15) is 9.00 Å². The number of hydrogen-bond donors (Lipinski definition) is 0. The summed E-state index contributed by atoms with van der Waals surface area (Å²) in [5, 5.41) is 0. The van der Waals surface area contributed by atoms with E-state index in [2.05, 4.69) is 4.36 Å². The van der Waals surface area contributed by atoms with Gasteiger partial charge >= 0.3 is 6.09 Å². The topological polar surface area (TPSA) is 55.7 Å². The fourth-order valence-electron chi connectivity index (χ4n) is 1.45. The molecule has 0 aliphatic rings. The summed E-state index contributed by atoms with van der Waals surface area (Å²) in [6, 6.07) is 9.39. The van der Waals surface area contributed by atoms with Gasteiger partial charge in [0.05, 0.1) is 15.5 Å². The zero-order chi connectivity index (χ0) is 14.5. The van der Waals surface area contributed by atoms with Gasteiger partial charge in [-0.3, -0.25) is 0 Å². The first kappa shape index (κ1) is 15.7. The van der Waals surface area contributed by atoms with Crippen LogP contribution in [0.2, 0.25) is 0 Å². The largest absolute Gasteiger partial charge is 0.442 e. The third-order valence-corrected chi connectivity index (χ3v) is 4.49.